The zero-order chi connectivity index (χ0) is 24.0. The van der Waals surface area contributed by atoms with Crippen LogP contribution in [0, 0.1) is 0 Å². The molecule has 3 aliphatic rings. The molecule has 178 valence electrons. The summed E-state index contributed by atoms with van der Waals surface area (Å²) in [5.41, 5.74) is 2.52. The second-order valence-electron chi connectivity index (χ2n) is 9.07. The Hall–Kier alpha value is -3.20. The van der Waals surface area contributed by atoms with E-state index in [1.165, 1.54) is 13.0 Å². The van der Waals surface area contributed by atoms with Gasteiger partial charge in [0.2, 0.25) is 0 Å². The lowest BCUT2D eigenvalue weighted by Gasteiger charge is -2.29. The molecular formula is C25H27N3O5S. The molecule has 2 atom stereocenters. The van der Waals surface area contributed by atoms with Gasteiger partial charge in [0.25, 0.3) is 15.9 Å². The number of carbonyl (C=O) groups is 2. The van der Waals surface area contributed by atoms with Gasteiger partial charge in [-0.3, -0.25) is 4.79 Å². The number of hydrogen-bond acceptors (Lipinski definition) is 6. The number of ether oxygens (including phenoxy) is 1. The van der Waals surface area contributed by atoms with Crippen molar-refractivity contribution in [3.63, 3.8) is 0 Å². The van der Waals surface area contributed by atoms with Crippen LogP contribution in [-0.2, 0) is 26.0 Å². The van der Waals surface area contributed by atoms with E-state index in [1.54, 1.807) is 17.0 Å². The summed E-state index contributed by atoms with van der Waals surface area (Å²) < 4.78 is 35.2. The van der Waals surface area contributed by atoms with Crippen molar-refractivity contribution >= 4 is 39.1 Å². The summed E-state index contributed by atoms with van der Waals surface area (Å²) in [5.74, 6) is -0.501. The van der Waals surface area contributed by atoms with E-state index in [0.29, 0.717) is 24.5 Å². The number of esters is 1. The highest BCUT2D eigenvalue weighted by atomic mass is 32.2. The molecule has 34 heavy (non-hydrogen) atoms. The smallest absolute Gasteiger partial charge is 0.338 e. The van der Waals surface area contributed by atoms with E-state index in [2.05, 4.69) is 4.40 Å². The molecule has 0 N–H and O–H groups in total. The van der Waals surface area contributed by atoms with Crippen molar-refractivity contribution < 1.29 is 22.7 Å². The molecule has 9 heteroatoms. The summed E-state index contributed by atoms with van der Waals surface area (Å²) in [6.07, 6.45) is 3.19. The molecule has 8 nitrogen and oxygen atoms in total. The second-order valence-corrected chi connectivity index (χ2v) is 10.6. The fourth-order valence-corrected chi connectivity index (χ4v) is 6.27. The van der Waals surface area contributed by atoms with Crippen molar-refractivity contribution in [2.45, 2.75) is 63.0 Å². The molecule has 0 unspecified atom stereocenters. The number of hydrogen-bond donors (Lipinski definition) is 0. The van der Waals surface area contributed by atoms with Gasteiger partial charge in [0.15, 0.2) is 6.10 Å². The molecule has 0 aliphatic carbocycles. The van der Waals surface area contributed by atoms with Crippen molar-refractivity contribution in [2.24, 2.45) is 4.40 Å². The van der Waals surface area contributed by atoms with Crippen LogP contribution >= 0.6 is 0 Å². The van der Waals surface area contributed by atoms with Gasteiger partial charge in [0.1, 0.15) is 10.7 Å². The average Bonchev–Trinajstić information content (AvgIpc) is 2.97. The Balaban J connectivity index is 1.37. The van der Waals surface area contributed by atoms with Crippen molar-refractivity contribution in [3.8, 4) is 0 Å². The number of amidine groups is 1. The van der Waals surface area contributed by atoms with Crippen molar-refractivity contribution in [1.29, 1.82) is 0 Å². The Labute approximate surface area is 199 Å². The zero-order valence-corrected chi connectivity index (χ0v) is 20.0. The van der Waals surface area contributed by atoms with Gasteiger partial charge >= 0.3 is 5.97 Å². The fraction of sp³-hybridized carbons (Fsp3) is 0.400. The summed E-state index contributed by atoms with van der Waals surface area (Å²) in [7, 11) is -3.92. The largest absolute Gasteiger partial charge is 0.449 e. The molecule has 0 bridgehead atoms. The molecule has 2 aromatic rings. The number of anilines is 2. The molecule has 5 rings (SSSR count). The van der Waals surface area contributed by atoms with E-state index in [4.69, 9.17) is 4.74 Å². The maximum Gasteiger partial charge on any atom is 0.338 e. The highest BCUT2D eigenvalue weighted by Gasteiger charge is 2.36. The predicted molar refractivity (Wildman–Crippen MR) is 129 cm³/mol. The minimum atomic E-state index is -3.92. The van der Waals surface area contributed by atoms with Gasteiger partial charge in [0.05, 0.1) is 11.3 Å². The lowest BCUT2D eigenvalue weighted by Crippen LogP contribution is -2.43. The van der Waals surface area contributed by atoms with Crippen LogP contribution in [0.25, 0.3) is 0 Å². The van der Waals surface area contributed by atoms with Crippen LogP contribution in [0.1, 0.15) is 55.5 Å². The molecule has 2 aromatic carbocycles. The maximum atomic E-state index is 13.1. The van der Waals surface area contributed by atoms with Gasteiger partial charge in [-0.15, -0.1) is 4.40 Å². The average molecular weight is 482 g/mol. The van der Waals surface area contributed by atoms with Crippen LogP contribution in [0.4, 0.5) is 11.4 Å². The SMILES string of the molecule is C[C@@H]1Cc2ccccc2N1C(=O)[C@@H](C)OC(=O)c1ccc2c(c1)S(=O)(=O)N=C1CCCCCN12. The highest BCUT2D eigenvalue weighted by Crippen LogP contribution is 2.36. The monoisotopic (exact) mass is 481 g/mol. The number of benzene rings is 2. The summed E-state index contributed by atoms with van der Waals surface area (Å²) in [4.78, 5) is 29.6. The van der Waals surface area contributed by atoms with E-state index < -0.39 is 22.1 Å². The third-order valence-corrected chi connectivity index (χ3v) is 7.99. The topological polar surface area (TPSA) is 96.3 Å². The Morgan fingerprint density at radius 2 is 1.88 bits per heavy atom. The quantitative estimate of drug-likeness (QED) is 0.621. The number of sulfonamides is 1. The van der Waals surface area contributed by atoms with Gasteiger partial charge in [-0.1, -0.05) is 24.6 Å². The van der Waals surface area contributed by atoms with Crippen LogP contribution in [0.2, 0.25) is 0 Å². The second kappa shape index (κ2) is 8.54. The first-order chi connectivity index (χ1) is 16.3. The van der Waals surface area contributed by atoms with Crippen molar-refractivity contribution in [1.82, 2.24) is 0 Å². The maximum absolute atomic E-state index is 13.1. The van der Waals surface area contributed by atoms with Crippen LogP contribution in [0.5, 0.6) is 0 Å². The predicted octanol–water partition coefficient (Wildman–Crippen LogP) is 3.69. The van der Waals surface area contributed by atoms with E-state index >= 15 is 0 Å². The number of fused-ring (bicyclic) bond motifs is 4. The summed E-state index contributed by atoms with van der Waals surface area (Å²) >= 11 is 0. The summed E-state index contributed by atoms with van der Waals surface area (Å²) in [6.45, 7) is 4.18. The first kappa shape index (κ1) is 22.6. The summed E-state index contributed by atoms with van der Waals surface area (Å²) in [6, 6.07) is 12.1. The van der Waals surface area contributed by atoms with Crippen LogP contribution in [-0.4, -0.2) is 44.8 Å². The zero-order valence-electron chi connectivity index (χ0n) is 19.2. The van der Waals surface area contributed by atoms with Gasteiger partial charge in [-0.05, 0) is 62.9 Å². The van der Waals surface area contributed by atoms with Gasteiger partial charge in [-0.25, -0.2) is 4.79 Å². The van der Waals surface area contributed by atoms with Gasteiger partial charge in [0, 0.05) is 24.7 Å². The molecule has 0 spiro atoms. The first-order valence-corrected chi connectivity index (χ1v) is 13.1. The molecule has 0 radical (unpaired) electrons. The molecule has 1 saturated heterocycles. The third-order valence-electron chi connectivity index (χ3n) is 6.66. The minimum Gasteiger partial charge on any atom is -0.449 e. The Bertz CT molecular complexity index is 1300. The lowest BCUT2D eigenvalue weighted by atomic mass is 10.1. The van der Waals surface area contributed by atoms with Crippen LogP contribution < -0.4 is 9.80 Å². The van der Waals surface area contributed by atoms with E-state index in [9.17, 15) is 18.0 Å². The highest BCUT2D eigenvalue weighted by molar-refractivity contribution is 7.90. The first-order valence-electron chi connectivity index (χ1n) is 11.6. The number of rotatable bonds is 3. The van der Waals surface area contributed by atoms with Gasteiger partial charge < -0.3 is 14.5 Å². The number of carbonyl (C=O) groups excluding carboxylic acids is 2. The van der Waals surface area contributed by atoms with Crippen LogP contribution in [0.15, 0.2) is 51.8 Å². The molecular weight excluding hydrogens is 454 g/mol. The van der Waals surface area contributed by atoms with E-state index in [-0.39, 0.29) is 22.4 Å². The number of nitrogens with zero attached hydrogens (tertiary/aromatic N) is 3. The standard InChI is InChI=1S/C25H27N3O5S/c1-16-14-18-8-5-6-9-20(18)28(16)24(29)17(2)33-25(30)19-11-12-21-22(15-19)34(31,32)26-23-10-4-3-7-13-27(21)23/h5-6,8-9,11-12,15-17H,3-4,7,10,13-14H2,1-2H3/t16-,17-/m1/s1. The van der Waals surface area contributed by atoms with Crippen LogP contribution in [0.3, 0.4) is 0 Å². The van der Waals surface area contributed by atoms with E-state index in [1.807, 2.05) is 36.1 Å². The molecule has 1 fully saturated rings. The normalized spacial score (nSPS) is 21.5. The van der Waals surface area contributed by atoms with Crippen molar-refractivity contribution in [2.75, 3.05) is 16.3 Å². The third kappa shape index (κ3) is 3.87. The van der Waals surface area contributed by atoms with Gasteiger partial charge in [-0.2, -0.15) is 8.42 Å². The fourth-order valence-electron chi connectivity index (χ4n) is 4.98. The molecule has 0 saturated carbocycles. The Morgan fingerprint density at radius 3 is 2.71 bits per heavy atom. The van der Waals surface area contributed by atoms with Crippen molar-refractivity contribution in [3.05, 3.63) is 53.6 Å². The molecule has 0 aromatic heterocycles. The summed E-state index contributed by atoms with van der Waals surface area (Å²) in [5, 5.41) is 0. The number of amides is 1. The van der Waals surface area contributed by atoms with E-state index in [0.717, 1.165) is 36.9 Å². The Morgan fingerprint density at radius 1 is 1.09 bits per heavy atom. The molecule has 1 amide bonds. The minimum absolute atomic E-state index is 0.00586. The lowest BCUT2D eigenvalue weighted by molar-refractivity contribution is -0.126. The Kier molecular flexibility index (Phi) is 5.67. The molecule has 3 heterocycles. The number of para-hydroxylation sites is 1. The molecule has 3 aliphatic heterocycles.